The number of nitrogens with zero attached hydrogens (tertiary/aromatic N) is 1. The molecule has 92 valence electrons. The zero-order valence-corrected chi connectivity index (χ0v) is 9.90. The van der Waals surface area contributed by atoms with Gasteiger partial charge in [0, 0.05) is 37.5 Å². The summed E-state index contributed by atoms with van der Waals surface area (Å²) in [5.74, 6) is -0.170. The summed E-state index contributed by atoms with van der Waals surface area (Å²) in [6.45, 7) is 1.81. The molecule has 2 N–H and O–H groups in total. The van der Waals surface area contributed by atoms with Crippen LogP contribution in [0, 0.1) is 0 Å². The molecular weight excluding hydrogens is 218 g/mol. The first-order valence-electron chi connectivity index (χ1n) is 5.85. The minimum Gasteiger partial charge on any atom is -0.348 e. The molecule has 1 aromatic rings. The minimum absolute atomic E-state index is 0.167. The number of rotatable bonds is 2. The van der Waals surface area contributed by atoms with Crippen molar-refractivity contribution in [2.75, 3.05) is 13.1 Å². The first-order valence-corrected chi connectivity index (χ1v) is 5.85. The van der Waals surface area contributed by atoms with E-state index < -0.39 is 0 Å². The molecule has 1 fully saturated rings. The van der Waals surface area contributed by atoms with Crippen LogP contribution < -0.4 is 16.2 Å². The first-order chi connectivity index (χ1) is 8.16. The summed E-state index contributed by atoms with van der Waals surface area (Å²) in [4.78, 5) is 23.3. The van der Waals surface area contributed by atoms with Crippen LogP contribution in [-0.4, -0.2) is 29.6 Å². The molecular formula is C12H17N3O2. The van der Waals surface area contributed by atoms with Gasteiger partial charge in [-0.1, -0.05) is 0 Å². The molecule has 1 aliphatic heterocycles. The Kier molecular flexibility index (Phi) is 3.58. The Labute approximate surface area is 99.8 Å². The highest BCUT2D eigenvalue weighted by molar-refractivity contribution is 5.94. The van der Waals surface area contributed by atoms with Gasteiger partial charge in [-0.3, -0.25) is 9.59 Å². The summed E-state index contributed by atoms with van der Waals surface area (Å²) in [7, 11) is 1.66. The van der Waals surface area contributed by atoms with Gasteiger partial charge < -0.3 is 15.2 Å². The molecule has 2 heterocycles. The van der Waals surface area contributed by atoms with Gasteiger partial charge in [0.15, 0.2) is 0 Å². The Balaban J connectivity index is 2.03. The smallest absolute Gasteiger partial charge is 0.251 e. The zero-order valence-electron chi connectivity index (χ0n) is 9.90. The number of hydrogen-bond donors (Lipinski definition) is 2. The van der Waals surface area contributed by atoms with E-state index in [-0.39, 0.29) is 17.5 Å². The Morgan fingerprint density at radius 1 is 1.59 bits per heavy atom. The fraction of sp³-hybridized carbons (Fsp3) is 0.500. The van der Waals surface area contributed by atoms with E-state index in [1.165, 1.54) is 10.6 Å². The lowest BCUT2D eigenvalue weighted by molar-refractivity contribution is 0.0930. The molecule has 1 saturated heterocycles. The molecule has 0 aromatic carbocycles. The van der Waals surface area contributed by atoms with Gasteiger partial charge in [-0.25, -0.2) is 0 Å². The van der Waals surface area contributed by atoms with Crippen molar-refractivity contribution in [3.05, 3.63) is 34.2 Å². The summed E-state index contributed by atoms with van der Waals surface area (Å²) in [5.41, 5.74) is 0.262. The first kappa shape index (κ1) is 11.9. The Morgan fingerprint density at radius 3 is 3.06 bits per heavy atom. The van der Waals surface area contributed by atoms with Crippen LogP contribution in [-0.2, 0) is 7.05 Å². The van der Waals surface area contributed by atoms with Crippen molar-refractivity contribution < 1.29 is 4.79 Å². The van der Waals surface area contributed by atoms with E-state index in [0.717, 1.165) is 25.9 Å². The van der Waals surface area contributed by atoms with Gasteiger partial charge >= 0.3 is 0 Å². The van der Waals surface area contributed by atoms with Gasteiger partial charge in [-0.2, -0.15) is 0 Å². The van der Waals surface area contributed by atoms with Gasteiger partial charge in [-0.15, -0.1) is 0 Å². The molecule has 1 aliphatic rings. The predicted molar refractivity (Wildman–Crippen MR) is 65.0 cm³/mol. The van der Waals surface area contributed by atoms with Gasteiger partial charge in [0.2, 0.25) is 0 Å². The van der Waals surface area contributed by atoms with Gasteiger partial charge in [-0.05, 0) is 25.5 Å². The van der Waals surface area contributed by atoms with E-state index in [1.54, 1.807) is 19.3 Å². The van der Waals surface area contributed by atoms with Gasteiger partial charge in [0.05, 0.1) is 0 Å². The summed E-state index contributed by atoms with van der Waals surface area (Å²) in [6.07, 6.45) is 3.67. The summed E-state index contributed by atoms with van der Waals surface area (Å²) in [6, 6.07) is 3.19. The van der Waals surface area contributed by atoms with Crippen LogP contribution in [0.3, 0.4) is 0 Å². The highest BCUT2D eigenvalue weighted by Crippen LogP contribution is 2.03. The van der Waals surface area contributed by atoms with Crippen molar-refractivity contribution in [3.8, 4) is 0 Å². The van der Waals surface area contributed by atoms with E-state index in [4.69, 9.17) is 0 Å². The van der Waals surface area contributed by atoms with Crippen molar-refractivity contribution >= 4 is 5.91 Å². The van der Waals surface area contributed by atoms with Crippen molar-refractivity contribution in [2.45, 2.75) is 18.9 Å². The number of nitrogens with one attached hydrogen (secondary N) is 2. The molecule has 0 bridgehead atoms. The van der Waals surface area contributed by atoms with Crippen LogP contribution in [0.4, 0.5) is 0 Å². The molecule has 5 heteroatoms. The lowest BCUT2D eigenvalue weighted by Gasteiger charge is -2.23. The number of aromatic nitrogens is 1. The van der Waals surface area contributed by atoms with Gasteiger partial charge in [0.25, 0.3) is 11.5 Å². The topological polar surface area (TPSA) is 63.1 Å². The molecule has 0 saturated carbocycles. The highest BCUT2D eigenvalue weighted by atomic mass is 16.2. The molecule has 5 nitrogen and oxygen atoms in total. The molecule has 1 atom stereocenters. The molecule has 0 radical (unpaired) electrons. The third-order valence-corrected chi connectivity index (χ3v) is 3.00. The van der Waals surface area contributed by atoms with Crippen LogP contribution in [0.2, 0.25) is 0 Å². The monoisotopic (exact) mass is 235 g/mol. The maximum absolute atomic E-state index is 11.9. The van der Waals surface area contributed by atoms with E-state index in [2.05, 4.69) is 10.6 Å². The second-order valence-corrected chi connectivity index (χ2v) is 4.38. The maximum atomic E-state index is 11.9. The van der Waals surface area contributed by atoms with E-state index in [0.29, 0.717) is 5.56 Å². The van der Waals surface area contributed by atoms with Crippen molar-refractivity contribution in [1.29, 1.82) is 0 Å². The summed E-state index contributed by atoms with van der Waals surface area (Å²) < 4.78 is 1.44. The lowest BCUT2D eigenvalue weighted by Crippen LogP contribution is -2.45. The Bertz CT molecular complexity index is 461. The number of carbonyl (C=O) groups is 1. The van der Waals surface area contributed by atoms with Crippen LogP contribution in [0.15, 0.2) is 23.1 Å². The molecule has 1 amide bonds. The Hall–Kier alpha value is -1.62. The molecule has 1 aromatic heterocycles. The third-order valence-electron chi connectivity index (χ3n) is 3.00. The highest BCUT2D eigenvalue weighted by Gasteiger charge is 2.16. The largest absolute Gasteiger partial charge is 0.348 e. The van der Waals surface area contributed by atoms with E-state index in [1.807, 2.05) is 0 Å². The normalized spacial score (nSPS) is 19.9. The fourth-order valence-electron chi connectivity index (χ4n) is 1.93. The molecule has 0 unspecified atom stereocenters. The van der Waals surface area contributed by atoms with Crippen LogP contribution in [0.1, 0.15) is 23.2 Å². The quantitative estimate of drug-likeness (QED) is 0.750. The van der Waals surface area contributed by atoms with Crippen molar-refractivity contribution in [2.24, 2.45) is 7.05 Å². The molecule has 0 spiro atoms. The van der Waals surface area contributed by atoms with E-state index >= 15 is 0 Å². The predicted octanol–water partition coefficient (Wildman–Crippen LogP) is -0.133. The molecule has 2 rings (SSSR count). The van der Waals surface area contributed by atoms with E-state index in [9.17, 15) is 9.59 Å². The van der Waals surface area contributed by atoms with Crippen molar-refractivity contribution in [1.82, 2.24) is 15.2 Å². The van der Waals surface area contributed by atoms with Crippen LogP contribution in [0.5, 0.6) is 0 Å². The minimum atomic E-state index is -0.170. The summed E-state index contributed by atoms with van der Waals surface area (Å²) >= 11 is 0. The number of hydrogen-bond acceptors (Lipinski definition) is 3. The van der Waals surface area contributed by atoms with Gasteiger partial charge in [0.1, 0.15) is 0 Å². The standard InChI is InChI=1S/C12H17N3O2/c1-15-6-4-9(7-11(15)16)12(17)14-10-3-2-5-13-8-10/h4,6-7,10,13H,2-3,5,8H2,1H3,(H,14,17)/t10-/m0/s1. The number of carbonyl (C=O) groups excluding carboxylic acids is 1. The second kappa shape index (κ2) is 5.14. The molecule has 17 heavy (non-hydrogen) atoms. The zero-order chi connectivity index (χ0) is 12.3. The van der Waals surface area contributed by atoms with Crippen LogP contribution >= 0.6 is 0 Å². The summed E-state index contributed by atoms with van der Waals surface area (Å²) in [5, 5.41) is 6.16. The third kappa shape index (κ3) is 2.94. The van der Waals surface area contributed by atoms with Crippen LogP contribution in [0.25, 0.3) is 0 Å². The second-order valence-electron chi connectivity index (χ2n) is 4.38. The average Bonchev–Trinajstić information content (AvgIpc) is 2.34. The maximum Gasteiger partial charge on any atom is 0.251 e. The SMILES string of the molecule is Cn1ccc(C(=O)N[C@H]2CCCNC2)cc1=O. The molecule has 0 aliphatic carbocycles. The fourth-order valence-corrected chi connectivity index (χ4v) is 1.93. The number of amides is 1. The number of piperidine rings is 1. The number of pyridine rings is 1. The average molecular weight is 235 g/mol. The lowest BCUT2D eigenvalue weighted by atomic mass is 10.1. The number of aryl methyl sites for hydroxylation is 1. The van der Waals surface area contributed by atoms with Crippen molar-refractivity contribution in [3.63, 3.8) is 0 Å². The Morgan fingerprint density at radius 2 is 2.41 bits per heavy atom.